The SMILES string of the molecule is CC(C)(C)c1cc(C(=O)O)cc(C#N)n1. The van der Waals surface area contributed by atoms with E-state index in [2.05, 4.69) is 4.98 Å². The summed E-state index contributed by atoms with van der Waals surface area (Å²) in [5, 5.41) is 17.6. The maximum absolute atomic E-state index is 10.8. The Morgan fingerprint density at radius 1 is 1.47 bits per heavy atom. The highest BCUT2D eigenvalue weighted by Crippen LogP contribution is 2.21. The predicted octanol–water partition coefficient (Wildman–Crippen LogP) is 1.95. The molecule has 0 aliphatic heterocycles. The molecule has 0 saturated carbocycles. The average Bonchev–Trinajstić information content (AvgIpc) is 2.15. The van der Waals surface area contributed by atoms with Crippen LogP contribution in [0.3, 0.4) is 0 Å². The molecule has 0 aliphatic rings. The molecule has 0 aromatic carbocycles. The predicted molar refractivity (Wildman–Crippen MR) is 54.6 cm³/mol. The average molecular weight is 204 g/mol. The highest BCUT2D eigenvalue weighted by atomic mass is 16.4. The molecule has 15 heavy (non-hydrogen) atoms. The van der Waals surface area contributed by atoms with E-state index in [0.717, 1.165) is 0 Å². The minimum atomic E-state index is -1.04. The summed E-state index contributed by atoms with van der Waals surface area (Å²) in [5.74, 6) is -1.04. The third kappa shape index (κ3) is 2.53. The van der Waals surface area contributed by atoms with Crippen LogP contribution in [0.15, 0.2) is 12.1 Å². The Bertz CT molecular complexity index is 439. The van der Waals surface area contributed by atoms with Crippen molar-refractivity contribution in [1.29, 1.82) is 5.26 Å². The van der Waals surface area contributed by atoms with E-state index in [-0.39, 0.29) is 16.7 Å². The van der Waals surface area contributed by atoms with Crippen LogP contribution in [0.1, 0.15) is 42.5 Å². The number of hydrogen-bond acceptors (Lipinski definition) is 3. The van der Waals surface area contributed by atoms with E-state index in [4.69, 9.17) is 10.4 Å². The number of carboxylic acid groups (broad SMARTS) is 1. The van der Waals surface area contributed by atoms with Crippen molar-refractivity contribution < 1.29 is 9.90 Å². The Hall–Kier alpha value is -1.89. The molecule has 1 N–H and O–H groups in total. The summed E-state index contributed by atoms with van der Waals surface area (Å²) in [7, 11) is 0. The fourth-order valence-corrected chi connectivity index (χ4v) is 1.10. The Kier molecular flexibility index (Phi) is 2.76. The van der Waals surface area contributed by atoms with Gasteiger partial charge in [-0.05, 0) is 12.1 Å². The molecule has 0 atom stereocenters. The first-order valence-electron chi connectivity index (χ1n) is 4.50. The molecule has 0 amide bonds. The van der Waals surface area contributed by atoms with Crippen molar-refractivity contribution >= 4 is 5.97 Å². The maximum Gasteiger partial charge on any atom is 0.335 e. The molecule has 4 nitrogen and oxygen atoms in total. The smallest absolute Gasteiger partial charge is 0.335 e. The van der Waals surface area contributed by atoms with Crippen LogP contribution in [0.5, 0.6) is 0 Å². The summed E-state index contributed by atoms with van der Waals surface area (Å²) in [4.78, 5) is 14.9. The zero-order chi connectivity index (χ0) is 11.6. The van der Waals surface area contributed by atoms with Gasteiger partial charge >= 0.3 is 5.97 Å². The number of carbonyl (C=O) groups is 1. The van der Waals surface area contributed by atoms with E-state index in [9.17, 15) is 4.79 Å². The minimum Gasteiger partial charge on any atom is -0.478 e. The Balaban J connectivity index is 3.38. The fraction of sp³-hybridized carbons (Fsp3) is 0.364. The van der Waals surface area contributed by atoms with Crippen LogP contribution in [0.2, 0.25) is 0 Å². The number of hydrogen-bond donors (Lipinski definition) is 1. The monoisotopic (exact) mass is 204 g/mol. The molecule has 1 aromatic rings. The van der Waals surface area contributed by atoms with Crippen LogP contribution in [0.4, 0.5) is 0 Å². The van der Waals surface area contributed by atoms with E-state index in [1.807, 2.05) is 26.8 Å². The lowest BCUT2D eigenvalue weighted by Crippen LogP contribution is -2.15. The molecule has 0 fully saturated rings. The van der Waals surface area contributed by atoms with Gasteiger partial charge in [-0.1, -0.05) is 20.8 Å². The van der Waals surface area contributed by atoms with Gasteiger partial charge in [0.15, 0.2) is 0 Å². The van der Waals surface area contributed by atoms with Crippen molar-refractivity contribution in [2.75, 3.05) is 0 Å². The Labute approximate surface area is 88.2 Å². The molecular weight excluding hydrogens is 192 g/mol. The second kappa shape index (κ2) is 3.70. The summed E-state index contributed by atoms with van der Waals surface area (Å²) < 4.78 is 0. The van der Waals surface area contributed by atoms with E-state index in [1.54, 1.807) is 0 Å². The molecule has 0 unspecified atom stereocenters. The summed E-state index contributed by atoms with van der Waals surface area (Å²) in [6.07, 6.45) is 0. The number of rotatable bonds is 1. The highest BCUT2D eigenvalue weighted by Gasteiger charge is 2.18. The minimum absolute atomic E-state index is 0.103. The molecule has 1 heterocycles. The van der Waals surface area contributed by atoms with Gasteiger partial charge < -0.3 is 5.11 Å². The van der Waals surface area contributed by atoms with Gasteiger partial charge in [0.2, 0.25) is 0 Å². The molecule has 0 bridgehead atoms. The van der Waals surface area contributed by atoms with E-state index >= 15 is 0 Å². The van der Waals surface area contributed by atoms with Gasteiger partial charge in [0.25, 0.3) is 0 Å². The van der Waals surface area contributed by atoms with Gasteiger partial charge in [0.1, 0.15) is 11.8 Å². The molecule has 1 rings (SSSR count). The van der Waals surface area contributed by atoms with Crippen LogP contribution in [-0.2, 0) is 5.41 Å². The summed E-state index contributed by atoms with van der Waals surface area (Å²) in [6.45, 7) is 5.76. The molecule has 0 spiro atoms. The first kappa shape index (κ1) is 11.2. The largest absolute Gasteiger partial charge is 0.478 e. The quantitative estimate of drug-likeness (QED) is 0.758. The van der Waals surface area contributed by atoms with Crippen molar-refractivity contribution in [3.63, 3.8) is 0 Å². The molecule has 4 heteroatoms. The summed E-state index contributed by atoms with van der Waals surface area (Å²) in [5.41, 5.74) is 0.585. The van der Waals surface area contributed by atoms with Crippen LogP contribution in [0.25, 0.3) is 0 Å². The molecule has 0 radical (unpaired) electrons. The zero-order valence-corrected chi connectivity index (χ0v) is 8.90. The van der Waals surface area contributed by atoms with Crippen LogP contribution >= 0.6 is 0 Å². The molecule has 78 valence electrons. The third-order valence-electron chi connectivity index (χ3n) is 1.96. The first-order valence-corrected chi connectivity index (χ1v) is 4.50. The Morgan fingerprint density at radius 2 is 2.07 bits per heavy atom. The summed E-state index contributed by atoms with van der Waals surface area (Å²) >= 11 is 0. The van der Waals surface area contributed by atoms with Crippen molar-refractivity contribution in [2.24, 2.45) is 0 Å². The normalized spacial score (nSPS) is 10.8. The molecule has 1 aromatic heterocycles. The van der Waals surface area contributed by atoms with E-state index in [1.165, 1.54) is 12.1 Å². The van der Waals surface area contributed by atoms with Crippen molar-refractivity contribution in [3.05, 3.63) is 29.1 Å². The second-order valence-corrected chi connectivity index (χ2v) is 4.29. The standard InChI is InChI=1S/C11H12N2O2/c1-11(2,3)9-5-7(10(14)15)4-8(6-12)13-9/h4-5H,1-3H3,(H,14,15). The fourth-order valence-electron chi connectivity index (χ4n) is 1.10. The lowest BCUT2D eigenvalue weighted by molar-refractivity contribution is 0.0696. The lowest BCUT2D eigenvalue weighted by Gasteiger charge is -2.18. The van der Waals surface area contributed by atoms with Gasteiger partial charge in [-0.25, -0.2) is 9.78 Å². The second-order valence-electron chi connectivity index (χ2n) is 4.29. The van der Waals surface area contributed by atoms with E-state index in [0.29, 0.717) is 5.69 Å². The zero-order valence-electron chi connectivity index (χ0n) is 8.90. The highest BCUT2D eigenvalue weighted by molar-refractivity contribution is 5.88. The lowest BCUT2D eigenvalue weighted by atomic mass is 9.90. The van der Waals surface area contributed by atoms with Gasteiger partial charge in [-0.2, -0.15) is 5.26 Å². The molecule has 0 aliphatic carbocycles. The van der Waals surface area contributed by atoms with Gasteiger partial charge in [0, 0.05) is 11.1 Å². The number of nitrogens with zero attached hydrogens (tertiary/aromatic N) is 2. The maximum atomic E-state index is 10.8. The number of pyridine rings is 1. The van der Waals surface area contributed by atoms with Crippen LogP contribution < -0.4 is 0 Å². The molecule has 0 saturated heterocycles. The third-order valence-corrected chi connectivity index (χ3v) is 1.96. The molecular formula is C11H12N2O2. The van der Waals surface area contributed by atoms with Crippen LogP contribution in [-0.4, -0.2) is 16.1 Å². The number of carboxylic acids is 1. The first-order chi connectivity index (χ1) is 6.84. The Morgan fingerprint density at radius 3 is 2.47 bits per heavy atom. The topological polar surface area (TPSA) is 74.0 Å². The van der Waals surface area contributed by atoms with Gasteiger partial charge in [-0.3, -0.25) is 0 Å². The summed E-state index contributed by atoms with van der Waals surface area (Å²) in [6, 6.07) is 4.64. The number of aromatic nitrogens is 1. The number of nitriles is 1. The van der Waals surface area contributed by atoms with E-state index < -0.39 is 5.97 Å². The van der Waals surface area contributed by atoms with Gasteiger partial charge in [0.05, 0.1) is 5.56 Å². The van der Waals surface area contributed by atoms with Crippen molar-refractivity contribution in [2.45, 2.75) is 26.2 Å². The van der Waals surface area contributed by atoms with Crippen molar-refractivity contribution in [3.8, 4) is 6.07 Å². The van der Waals surface area contributed by atoms with Crippen LogP contribution in [0, 0.1) is 11.3 Å². The van der Waals surface area contributed by atoms with Crippen molar-refractivity contribution in [1.82, 2.24) is 4.98 Å². The number of aromatic carboxylic acids is 1. The van der Waals surface area contributed by atoms with Gasteiger partial charge in [-0.15, -0.1) is 0 Å².